The van der Waals surface area contributed by atoms with E-state index in [1.54, 1.807) is 0 Å². The van der Waals surface area contributed by atoms with Crippen molar-refractivity contribution in [2.45, 2.75) is 25.7 Å². The lowest BCUT2D eigenvalue weighted by molar-refractivity contribution is 0.0946. The molecular formula is C20H23N5OS. The summed E-state index contributed by atoms with van der Waals surface area (Å²) in [6.45, 7) is 2.72. The Kier molecular flexibility index (Phi) is 5.48. The van der Waals surface area contributed by atoms with Gasteiger partial charge in [0.15, 0.2) is 0 Å². The van der Waals surface area contributed by atoms with Crippen LogP contribution in [0, 0.1) is 0 Å². The van der Waals surface area contributed by atoms with E-state index in [1.165, 1.54) is 29.7 Å². The molecule has 4 rings (SSSR count). The standard InChI is InChI=1S/C20H23N5OS/c26-18(21-12-6-10-16-8-2-1-3-9-16)17-11-7-15-25(17)20-23-22-19(27-20)24-13-4-5-14-24/h1-3,7-9,11,15H,4-6,10,12-14H2,(H,21,26). The second-order valence-electron chi connectivity index (χ2n) is 6.67. The number of carbonyl (C=O) groups excluding carboxylic acids is 1. The molecule has 140 valence electrons. The number of nitrogens with one attached hydrogen (secondary N) is 1. The van der Waals surface area contributed by atoms with Crippen molar-refractivity contribution in [1.29, 1.82) is 0 Å². The average Bonchev–Trinajstić information content (AvgIpc) is 3.46. The summed E-state index contributed by atoms with van der Waals surface area (Å²) in [5.74, 6) is -0.0778. The van der Waals surface area contributed by atoms with Crippen LogP contribution in [0.25, 0.3) is 5.13 Å². The van der Waals surface area contributed by atoms with Crippen molar-refractivity contribution < 1.29 is 4.79 Å². The summed E-state index contributed by atoms with van der Waals surface area (Å²) in [5.41, 5.74) is 1.89. The monoisotopic (exact) mass is 381 g/mol. The van der Waals surface area contributed by atoms with Crippen LogP contribution in [0.2, 0.25) is 0 Å². The summed E-state index contributed by atoms with van der Waals surface area (Å²) in [4.78, 5) is 14.8. The summed E-state index contributed by atoms with van der Waals surface area (Å²) in [6.07, 6.45) is 6.14. The normalized spacial score (nSPS) is 13.9. The van der Waals surface area contributed by atoms with Crippen LogP contribution < -0.4 is 10.2 Å². The molecule has 1 amide bonds. The van der Waals surface area contributed by atoms with E-state index < -0.39 is 0 Å². The molecule has 7 heteroatoms. The van der Waals surface area contributed by atoms with E-state index in [0.29, 0.717) is 12.2 Å². The van der Waals surface area contributed by atoms with Crippen molar-refractivity contribution in [2.24, 2.45) is 0 Å². The molecule has 27 heavy (non-hydrogen) atoms. The Morgan fingerprint density at radius 1 is 1.04 bits per heavy atom. The molecule has 1 aromatic carbocycles. The van der Waals surface area contributed by atoms with Crippen molar-refractivity contribution in [3.63, 3.8) is 0 Å². The Bertz CT molecular complexity index is 883. The summed E-state index contributed by atoms with van der Waals surface area (Å²) < 4.78 is 1.82. The van der Waals surface area contributed by atoms with E-state index in [9.17, 15) is 4.79 Å². The maximum atomic E-state index is 12.6. The number of nitrogens with zero attached hydrogens (tertiary/aromatic N) is 4. The first-order valence-corrected chi connectivity index (χ1v) is 10.2. The topological polar surface area (TPSA) is 63.1 Å². The molecule has 0 bridgehead atoms. The Morgan fingerprint density at radius 3 is 2.63 bits per heavy atom. The van der Waals surface area contributed by atoms with Gasteiger partial charge in [-0.2, -0.15) is 0 Å². The van der Waals surface area contributed by atoms with Crippen LogP contribution in [0.1, 0.15) is 35.3 Å². The lowest BCUT2D eigenvalue weighted by Crippen LogP contribution is -2.26. The van der Waals surface area contributed by atoms with Gasteiger partial charge >= 0.3 is 0 Å². The SMILES string of the molecule is O=C(NCCCc1ccccc1)c1cccn1-c1nnc(N2CCCC2)s1. The molecular weight excluding hydrogens is 358 g/mol. The molecule has 1 saturated heterocycles. The molecule has 1 fully saturated rings. The van der Waals surface area contributed by atoms with Crippen LogP contribution in [-0.2, 0) is 6.42 Å². The lowest BCUT2D eigenvalue weighted by atomic mass is 10.1. The van der Waals surface area contributed by atoms with Crippen molar-refractivity contribution in [3.05, 3.63) is 59.9 Å². The fourth-order valence-electron chi connectivity index (χ4n) is 3.30. The molecule has 3 heterocycles. The van der Waals surface area contributed by atoms with Crippen LogP contribution in [0.3, 0.4) is 0 Å². The lowest BCUT2D eigenvalue weighted by Gasteiger charge is -2.11. The largest absolute Gasteiger partial charge is 0.351 e. The fourth-order valence-corrected chi connectivity index (χ4v) is 4.20. The summed E-state index contributed by atoms with van der Waals surface area (Å²) in [7, 11) is 0. The van der Waals surface area contributed by atoms with Gasteiger partial charge in [0.25, 0.3) is 5.91 Å². The predicted molar refractivity (Wildman–Crippen MR) is 108 cm³/mol. The number of anilines is 1. The highest BCUT2D eigenvalue weighted by Crippen LogP contribution is 2.27. The van der Waals surface area contributed by atoms with Gasteiger partial charge in [0, 0.05) is 25.8 Å². The molecule has 0 unspecified atom stereocenters. The third kappa shape index (κ3) is 4.19. The van der Waals surface area contributed by atoms with Gasteiger partial charge in [0.1, 0.15) is 5.69 Å². The van der Waals surface area contributed by atoms with Gasteiger partial charge < -0.3 is 10.2 Å². The second kappa shape index (κ2) is 8.35. The molecule has 0 atom stereocenters. The molecule has 0 spiro atoms. The number of rotatable bonds is 7. The minimum atomic E-state index is -0.0778. The first-order chi connectivity index (χ1) is 13.3. The zero-order valence-electron chi connectivity index (χ0n) is 15.2. The smallest absolute Gasteiger partial charge is 0.268 e. The number of carbonyl (C=O) groups is 1. The third-order valence-electron chi connectivity index (χ3n) is 4.74. The average molecular weight is 382 g/mol. The number of hydrogen-bond acceptors (Lipinski definition) is 5. The summed E-state index contributed by atoms with van der Waals surface area (Å²) in [6, 6.07) is 14.0. The maximum absolute atomic E-state index is 12.6. The van der Waals surface area contributed by atoms with Crippen LogP contribution in [0.5, 0.6) is 0 Å². The zero-order valence-corrected chi connectivity index (χ0v) is 16.0. The molecule has 6 nitrogen and oxygen atoms in total. The highest BCUT2D eigenvalue weighted by atomic mass is 32.1. The van der Waals surface area contributed by atoms with Crippen molar-refractivity contribution in [1.82, 2.24) is 20.1 Å². The van der Waals surface area contributed by atoms with Crippen molar-refractivity contribution in [3.8, 4) is 5.13 Å². The van der Waals surface area contributed by atoms with Gasteiger partial charge in [-0.25, -0.2) is 0 Å². The Balaban J connectivity index is 1.36. The predicted octanol–water partition coefficient (Wildman–Crippen LogP) is 3.29. The molecule has 3 aromatic rings. The molecule has 0 saturated carbocycles. The zero-order chi connectivity index (χ0) is 18.5. The van der Waals surface area contributed by atoms with Gasteiger partial charge in [-0.15, -0.1) is 10.2 Å². The number of benzene rings is 1. The number of amides is 1. The second-order valence-corrected chi connectivity index (χ2v) is 7.60. The quantitative estimate of drug-likeness (QED) is 0.638. The number of hydrogen-bond donors (Lipinski definition) is 1. The highest BCUT2D eigenvalue weighted by Gasteiger charge is 2.19. The van der Waals surface area contributed by atoms with Crippen LogP contribution in [-0.4, -0.2) is 40.3 Å². The van der Waals surface area contributed by atoms with Crippen LogP contribution in [0.15, 0.2) is 48.7 Å². The summed E-state index contributed by atoms with van der Waals surface area (Å²) in [5, 5.41) is 13.3. The Labute approximate surface area is 162 Å². The Morgan fingerprint density at radius 2 is 1.81 bits per heavy atom. The van der Waals surface area contributed by atoms with Gasteiger partial charge in [-0.1, -0.05) is 41.7 Å². The molecule has 1 aliphatic heterocycles. The van der Waals surface area contributed by atoms with Crippen molar-refractivity contribution in [2.75, 3.05) is 24.5 Å². The molecule has 1 N–H and O–H groups in total. The van der Waals surface area contributed by atoms with E-state index in [1.807, 2.05) is 41.1 Å². The molecule has 0 aliphatic carbocycles. The van der Waals surface area contributed by atoms with Crippen LogP contribution >= 0.6 is 11.3 Å². The number of aromatic nitrogens is 3. The maximum Gasteiger partial charge on any atom is 0.268 e. The Hall–Kier alpha value is -2.67. The van der Waals surface area contributed by atoms with E-state index in [0.717, 1.165) is 36.2 Å². The molecule has 2 aromatic heterocycles. The fraction of sp³-hybridized carbons (Fsp3) is 0.350. The van der Waals surface area contributed by atoms with Gasteiger partial charge in [-0.3, -0.25) is 9.36 Å². The van der Waals surface area contributed by atoms with Crippen LogP contribution in [0.4, 0.5) is 5.13 Å². The molecule has 1 aliphatic rings. The third-order valence-corrected chi connectivity index (χ3v) is 5.72. The minimum absolute atomic E-state index is 0.0778. The van der Waals surface area contributed by atoms with Gasteiger partial charge in [0.2, 0.25) is 10.3 Å². The first-order valence-electron chi connectivity index (χ1n) is 9.39. The minimum Gasteiger partial charge on any atom is -0.351 e. The highest BCUT2D eigenvalue weighted by molar-refractivity contribution is 7.17. The number of aryl methyl sites for hydroxylation is 1. The first kappa shape index (κ1) is 17.7. The van der Waals surface area contributed by atoms with E-state index in [2.05, 4.69) is 32.5 Å². The van der Waals surface area contributed by atoms with Crippen molar-refractivity contribution >= 4 is 22.4 Å². The van der Waals surface area contributed by atoms with Gasteiger partial charge in [-0.05, 0) is 43.4 Å². The summed E-state index contributed by atoms with van der Waals surface area (Å²) >= 11 is 1.53. The van der Waals surface area contributed by atoms with E-state index in [-0.39, 0.29) is 5.91 Å². The van der Waals surface area contributed by atoms with Gasteiger partial charge in [0.05, 0.1) is 0 Å². The van der Waals surface area contributed by atoms with E-state index in [4.69, 9.17) is 0 Å². The molecule has 0 radical (unpaired) electrons. The van der Waals surface area contributed by atoms with E-state index >= 15 is 0 Å².